The van der Waals surface area contributed by atoms with E-state index in [-0.39, 0.29) is 11.8 Å². The number of carboxylic acids is 1. The van der Waals surface area contributed by atoms with Crippen LogP contribution in [-0.2, 0) is 14.4 Å². The number of amides is 2. The fourth-order valence-corrected chi connectivity index (χ4v) is 7.58. The van der Waals surface area contributed by atoms with Gasteiger partial charge >= 0.3 is 5.97 Å². The van der Waals surface area contributed by atoms with Crippen LogP contribution in [0.3, 0.4) is 0 Å². The van der Waals surface area contributed by atoms with Gasteiger partial charge in [0.25, 0.3) is 0 Å². The van der Waals surface area contributed by atoms with Crippen molar-refractivity contribution in [3.63, 3.8) is 0 Å². The summed E-state index contributed by atoms with van der Waals surface area (Å²) in [6.45, 7) is 4.52. The van der Waals surface area contributed by atoms with Crippen molar-refractivity contribution in [3.8, 4) is 0 Å². The van der Waals surface area contributed by atoms with Crippen molar-refractivity contribution in [2.75, 3.05) is 0 Å². The first-order chi connectivity index (χ1) is 10.1. The van der Waals surface area contributed by atoms with Gasteiger partial charge in [-0.2, -0.15) is 0 Å². The van der Waals surface area contributed by atoms with Gasteiger partial charge in [0.1, 0.15) is 5.41 Å². The summed E-state index contributed by atoms with van der Waals surface area (Å²) >= 11 is 6.05. The van der Waals surface area contributed by atoms with Gasteiger partial charge in [-0.05, 0) is 51.6 Å². The predicted molar refractivity (Wildman–Crippen MR) is 108 cm³/mol. The highest BCUT2D eigenvalue weighted by molar-refractivity contribution is 14.1. The average Bonchev–Trinajstić information content (AvgIpc) is 2.40. The molecule has 0 saturated heterocycles. The number of aliphatic carboxylic acids is 1. The minimum atomic E-state index is -1.19. The molecule has 2 amide bonds. The maximum atomic E-state index is 12.0. The van der Waals surface area contributed by atoms with E-state index in [0.29, 0.717) is 25.0 Å². The summed E-state index contributed by atoms with van der Waals surface area (Å²) in [6, 6.07) is 0. The lowest BCUT2D eigenvalue weighted by Gasteiger charge is -2.40. The van der Waals surface area contributed by atoms with Crippen LogP contribution in [0.5, 0.6) is 0 Å². The summed E-state index contributed by atoms with van der Waals surface area (Å²) in [5.41, 5.74) is -0.220. The van der Waals surface area contributed by atoms with Gasteiger partial charge in [0, 0.05) is 23.1 Å². The summed E-state index contributed by atoms with van der Waals surface area (Å²) in [5, 5.41) is 15.2. The number of nitrogens with one attached hydrogen (secondary N) is 2. The zero-order valence-electron chi connectivity index (χ0n) is 12.1. The van der Waals surface area contributed by atoms with Crippen LogP contribution in [0.1, 0.15) is 27.2 Å². The number of rotatable bonds is 4. The second-order valence-corrected chi connectivity index (χ2v) is 8.17. The van der Waals surface area contributed by atoms with Gasteiger partial charge in [-0.25, -0.2) is 0 Å². The summed E-state index contributed by atoms with van der Waals surface area (Å²) in [6.07, 6.45) is 0.338. The Bertz CT molecular complexity index is 600. The molecule has 0 aromatic carbocycles. The van der Waals surface area contributed by atoms with Crippen molar-refractivity contribution in [2.45, 2.75) is 31.1 Å². The zero-order chi connectivity index (χ0) is 17.2. The van der Waals surface area contributed by atoms with Crippen LogP contribution in [0.2, 0.25) is 0 Å². The topological polar surface area (TPSA) is 95.5 Å². The molecule has 0 spiro atoms. The molecule has 1 aliphatic rings. The molecule has 122 valence electrons. The highest BCUT2D eigenvalue weighted by Gasteiger charge is 2.52. The van der Waals surface area contributed by atoms with Crippen LogP contribution in [0.25, 0.3) is 0 Å². The molecule has 0 heterocycles. The van der Waals surface area contributed by atoms with E-state index in [0.717, 1.165) is 0 Å². The van der Waals surface area contributed by atoms with Crippen LogP contribution < -0.4 is 10.6 Å². The largest absolute Gasteiger partial charge is 0.481 e. The third-order valence-corrected chi connectivity index (χ3v) is 7.61. The van der Waals surface area contributed by atoms with E-state index in [4.69, 9.17) is 0 Å². The molecule has 22 heavy (non-hydrogen) atoms. The van der Waals surface area contributed by atoms with Crippen molar-refractivity contribution < 1.29 is 19.5 Å². The molecule has 9 heteroatoms. The number of carbonyl (C=O) groups excluding carboxylic acids is 2. The van der Waals surface area contributed by atoms with Crippen molar-refractivity contribution in [2.24, 2.45) is 5.41 Å². The Morgan fingerprint density at radius 2 is 1.68 bits per heavy atom. The summed E-state index contributed by atoms with van der Waals surface area (Å²) in [4.78, 5) is 35.0. The number of hydrogen-bond donors (Lipinski definition) is 3. The normalized spacial score (nSPS) is 25.1. The van der Waals surface area contributed by atoms with Crippen LogP contribution >= 0.6 is 67.8 Å². The van der Waals surface area contributed by atoms with Crippen LogP contribution in [0.15, 0.2) is 18.6 Å². The lowest BCUT2D eigenvalue weighted by Crippen LogP contribution is -2.48. The van der Waals surface area contributed by atoms with E-state index in [1.54, 1.807) is 6.92 Å². The first kappa shape index (κ1) is 20.1. The molecule has 6 nitrogen and oxygen atoms in total. The monoisotopic (exact) mass is 644 g/mol. The Balaban J connectivity index is 3.65. The van der Waals surface area contributed by atoms with Gasteiger partial charge in [-0.15, -0.1) is 0 Å². The number of carbonyl (C=O) groups is 3. The number of allylic oxidation sites excluding steroid dienone is 2. The van der Waals surface area contributed by atoms with Crippen LogP contribution in [0.4, 0.5) is 0 Å². The Morgan fingerprint density at radius 3 is 2.05 bits per heavy atom. The van der Waals surface area contributed by atoms with E-state index < -0.39 is 15.3 Å². The summed E-state index contributed by atoms with van der Waals surface area (Å²) < 4.78 is 0.762. The van der Waals surface area contributed by atoms with E-state index in [1.807, 2.05) is 67.8 Å². The van der Waals surface area contributed by atoms with Gasteiger partial charge in [0.05, 0.1) is 13.2 Å². The lowest BCUT2D eigenvalue weighted by molar-refractivity contribution is -0.146. The molecule has 0 aliphatic heterocycles. The molecule has 0 fully saturated rings. The van der Waals surface area contributed by atoms with Gasteiger partial charge < -0.3 is 15.7 Å². The highest BCUT2D eigenvalue weighted by atomic mass is 127. The minimum Gasteiger partial charge on any atom is -0.481 e. The smallest absolute Gasteiger partial charge is 0.316 e. The molecular weight excluding hydrogens is 629 g/mol. The van der Waals surface area contributed by atoms with Crippen molar-refractivity contribution in [1.82, 2.24) is 10.6 Å². The standard InChI is InChI=1S/C13H15I3N2O4/c1-4-13(12(21)22)10(15)8(17-5(2)19)7(14)9(11(13)16)18-6(3)20/h10H,4H2,1-3H3,(H,17,19)(H,18,20)(H,21,22). The fraction of sp³-hybridized carbons (Fsp3) is 0.462. The van der Waals surface area contributed by atoms with Crippen molar-refractivity contribution in [3.05, 3.63) is 18.6 Å². The number of alkyl halides is 1. The molecule has 2 unspecified atom stereocenters. The predicted octanol–water partition coefficient (Wildman–Crippen LogP) is 2.85. The van der Waals surface area contributed by atoms with E-state index >= 15 is 0 Å². The van der Waals surface area contributed by atoms with Gasteiger partial charge in [-0.3, -0.25) is 14.4 Å². The third-order valence-electron chi connectivity index (χ3n) is 3.30. The van der Waals surface area contributed by atoms with Gasteiger partial charge in [0.2, 0.25) is 11.8 Å². The molecule has 0 radical (unpaired) electrons. The Hall–Kier alpha value is 0.0800. The molecule has 3 N–H and O–H groups in total. The SMILES string of the molecule is CCC1(C(=O)O)C(I)=C(NC(C)=O)C(I)=C(NC(C)=O)C1I. The van der Waals surface area contributed by atoms with Crippen LogP contribution in [0, 0.1) is 5.41 Å². The molecule has 2 atom stereocenters. The average molecular weight is 644 g/mol. The Labute approximate surface area is 169 Å². The van der Waals surface area contributed by atoms with E-state index in [9.17, 15) is 19.5 Å². The van der Waals surface area contributed by atoms with Crippen LogP contribution in [-0.4, -0.2) is 26.8 Å². The summed E-state index contributed by atoms with van der Waals surface area (Å²) in [5.74, 6) is -1.54. The molecule has 0 aromatic rings. The maximum Gasteiger partial charge on any atom is 0.316 e. The zero-order valence-corrected chi connectivity index (χ0v) is 18.6. The molecule has 1 rings (SSSR count). The summed E-state index contributed by atoms with van der Waals surface area (Å²) in [7, 11) is 0. The number of carboxylic acid groups (broad SMARTS) is 1. The molecule has 1 aliphatic carbocycles. The molecule has 0 saturated carbocycles. The number of hydrogen-bond acceptors (Lipinski definition) is 3. The van der Waals surface area contributed by atoms with E-state index in [1.165, 1.54) is 13.8 Å². The van der Waals surface area contributed by atoms with E-state index in [2.05, 4.69) is 10.6 Å². The van der Waals surface area contributed by atoms with Gasteiger partial charge in [-0.1, -0.05) is 29.5 Å². The third kappa shape index (κ3) is 3.60. The van der Waals surface area contributed by atoms with Crippen molar-refractivity contribution in [1.29, 1.82) is 0 Å². The highest BCUT2D eigenvalue weighted by Crippen LogP contribution is 2.52. The molecule has 0 aromatic heterocycles. The Kier molecular flexibility index (Phi) is 7.11. The fourth-order valence-electron chi connectivity index (χ4n) is 2.20. The first-order valence-corrected chi connectivity index (χ1v) is 9.72. The lowest BCUT2D eigenvalue weighted by atomic mass is 9.77. The first-order valence-electron chi connectivity index (χ1n) is 6.32. The number of halogens is 3. The second-order valence-electron chi connectivity index (χ2n) is 4.77. The van der Waals surface area contributed by atoms with Gasteiger partial charge in [0.15, 0.2) is 0 Å². The molecular formula is C13H15I3N2O4. The molecule has 0 bridgehead atoms. The van der Waals surface area contributed by atoms with Crippen molar-refractivity contribution >= 4 is 85.6 Å². The second kappa shape index (κ2) is 7.77. The maximum absolute atomic E-state index is 12.0. The Morgan fingerprint density at radius 1 is 1.18 bits per heavy atom. The minimum absolute atomic E-state index is 0.277. The quantitative estimate of drug-likeness (QED) is 0.325.